The van der Waals surface area contributed by atoms with Crippen LogP contribution in [0.2, 0.25) is 0 Å². The van der Waals surface area contributed by atoms with Crippen molar-refractivity contribution in [2.45, 2.75) is 19.9 Å². The lowest BCUT2D eigenvalue weighted by atomic mass is 10.1. The van der Waals surface area contributed by atoms with Gasteiger partial charge in [-0.1, -0.05) is 37.3 Å². The molecule has 0 unspecified atom stereocenters. The summed E-state index contributed by atoms with van der Waals surface area (Å²) in [4.78, 5) is 44.3. The van der Waals surface area contributed by atoms with Crippen molar-refractivity contribution >= 4 is 29.1 Å². The molecule has 0 aliphatic carbocycles. The summed E-state index contributed by atoms with van der Waals surface area (Å²) in [6, 6.07) is 22.4. The smallest absolute Gasteiger partial charge is 0.256 e. The number of amides is 3. The van der Waals surface area contributed by atoms with Crippen LogP contribution in [0.1, 0.15) is 39.6 Å². The van der Waals surface area contributed by atoms with Gasteiger partial charge in [-0.3, -0.25) is 14.4 Å². The molecule has 0 spiro atoms. The molecule has 38 heavy (non-hydrogen) atoms. The molecular weight excluding hydrogens is 480 g/mol. The number of hydrogen-bond donors (Lipinski definition) is 1. The normalized spacial score (nSPS) is 13.1. The molecule has 1 aliphatic heterocycles. The number of carbonyl (C=O) groups excluding carboxylic acids is 3. The van der Waals surface area contributed by atoms with Gasteiger partial charge in [0.2, 0.25) is 5.91 Å². The van der Waals surface area contributed by atoms with E-state index in [1.165, 1.54) is 0 Å². The number of rotatable bonds is 8. The van der Waals surface area contributed by atoms with Crippen LogP contribution in [0.25, 0.3) is 0 Å². The first kappa shape index (κ1) is 26.7. The third kappa shape index (κ3) is 6.32. The summed E-state index contributed by atoms with van der Waals surface area (Å²) in [5, 5.41) is 2.86. The number of hydrogen-bond acceptors (Lipinski definition) is 5. The zero-order valence-electron chi connectivity index (χ0n) is 22.1. The second kappa shape index (κ2) is 12.3. The van der Waals surface area contributed by atoms with Crippen LogP contribution in [0.5, 0.6) is 5.75 Å². The first-order valence-electron chi connectivity index (χ1n) is 12.8. The van der Waals surface area contributed by atoms with E-state index in [-0.39, 0.29) is 17.7 Å². The number of nitrogens with zero attached hydrogens (tertiary/aromatic N) is 3. The molecule has 1 aliphatic rings. The maximum atomic E-state index is 13.6. The highest BCUT2D eigenvalue weighted by Crippen LogP contribution is 2.28. The molecule has 0 radical (unpaired) electrons. The Balaban J connectivity index is 1.52. The van der Waals surface area contributed by atoms with Crippen molar-refractivity contribution in [1.29, 1.82) is 0 Å². The number of piperazine rings is 1. The largest absolute Gasteiger partial charge is 0.497 e. The fourth-order valence-electron chi connectivity index (χ4n) is 4.51. The number of anilines is 2. The predicted octanol–water partition coefficient (Wildman–Crippen LogP) is 4.28. The Morgan fingerprint density at radius 1 is 0.921 bits per heavy atom. The van der Waals surface area contributed by atoms with E-state index in [0.29, 0.717) is 61.7 Å². The van der Waals surface area contributed by atoms with Crippen molar-refractivity contribution in [2.24, 2.45) is 0 Å². The molecule has 1 heterocycles. The Morgan fingerprint density at radius 3 is 2.24 bits per heavy atom. The van der Waals surface area contributed by atoms with Gasteiger partial charge in [0.25, 0.3) is 11.8 Å². The summed E-state index contributed by atoms with van der Waals surface area (Å²) in [6.07, 6.45) is 0.350. The van der Waals surface area contributed by atoms with Gasteiger partial charge in [0.15, 0.2) is 0 Å². The molecule has 0 saturated carbocycles. The average Bonchev–Trinajstić information content (AvgIpc) is 2.97. The van der Waals surface area contributed by atoms with Crippen LogP contribution in [0.4, 0.5) is 11.4 Å². The minimum Gasteiger partial charge on any atom is -0.497 e. The van der Waals surface area contributed by atoms with E-state index < -0.39 is 0 Å². The molecule has 0 atom stereocenters. The zero-order chi connectivity index (χ0) is 27.1. The third-order valence-corrected chi connectivity index (χ3v) is 6.69. The van der Waals surface area contributed by atoms with E-state index in [0.717, 1.165) is 11.3 Å². The summed E-state index contributed by atoms with van der Waals surface area (Å²) in [5.74, 6) is 0.441. The van der Waals surface area contributed by atoms with E-state index in [9.17, 15) is 14.4 Å². The predicted molar refractivity (Wildman–Crippen MR) is 149 cm³/mol. The molecule has 1 fully saturated rings. The molecule has 198 valence electrons. The van der Waals surface area contributed by atoms with Crippen molar-refractivity contribution in [3.8, 4) is 5.75 Å². The summed E-state index contributed by atoms with van der Waals surface area (Å²) >= 11 is 0. The highest BCUT2D eigenvalue weighted by Gasteiger charge is 2.26. The second-order valence-corrected chi connectivity index (χ2v) is 9.29. The van der Waals surface area contributed by atoms with Crippen LogP contribution in [-0.4, -0.2) is 67.9 Å². The van der Waals surface area contributed by atoms with Crippen LogP contribution >= 0.6 is 0 Å². The lowest BCUT2D eigenvalue weighted by molar-refractivity contribution is -0.115. The highest BCUT2D eigenvalue weighted by atomic mass is 16.5. The number of carbonyl (C=O) groups is 3. The Bertz CT molecular complexity index is 1270. The molecule has 0 aromatic heterocycles. The van der Waals surface area contributed by atoms with Gasteiger partial charge in [0, 0.05) is 63.1 Å². The topological polar surface area (TPSA) is 82.2 Å². The fraction of sp³-hybridized carbons (Fsp3) is 0.300. The summed E-state index contributed by atoms with van der Waals surface area (Å²) < 4.78 is 5.19. The standard InChI is InChI=1S/C30H34N4O4/c1-4-28(35)31-24-12-15-27(26(20-24)30(37)32(2)21-22-8-6-5-7-9-22)33-16-18-34(19-17-33)29(36)23-10-13-25(38-3)14-11-23/h5-15,20H,4,16-19,21H2,1-3H3,(H,31,35). The van der Waals surface area contributed by atoms with Gasteiger partial charge in [0.05, 0.1) is 12.7 Å². The Labute approximate surface area is 223 Å². The zero-order valence-corrected chi connectivity index (χ0v) is 22.1. The van der Waals surface area contributed by atoms with Crippen molar-refractivity contribution in [3.63, 3.8) is 0 Å². The van der Waals surface area contributed by atoms with E-state index in [1.807, 2.05) is 47.4 Å². The van der Waals surface area contributed by atoms with Gasteiger partial charge in [-0.25, -0.2) is 0 Å². The van der Waals surface area contributed by atoms with Crippen molar-refractivity contribution in [1.82, 2.24) is 9.80 Å². The maximum Gasteiger partial charge on any atom is 0.256 e. The SMILES string of the molecule is CCC(=O)Nc1ccc(N2CCN(C(=O)c3ccc(OC)cc3)CC2)c(C(=O)N(C)Cc2ccccc2)c1. The van der Waals surface area contributed by atoms with Crippen LogP contribution < -0.4 is 15.0 Å². The first-order valence-corrected chi connectivity index (χ1v) is 12.8. The first-order chi connectivity index (χ1) is 18.4. The Morgan fingerprint density at radius 2 is 1.61 bits per heavy atom. The fourth-order valence-corrected chi connectivity index (χ4v) is 4.51. The molecule has 1 saturated heterocycles. The lowest BCUT2D eigenvalue weighted by Crippen LogP contribution is -2.49. The van der Waals surface area contributed by atoms with Gasteiger partial charge in [-0.2, -0.15) is 0 Å². The van der Waals surface area contributed by atoms with Gasteiger partial charge in [-0.15, -0.1) is 0 Å². The van der Waals surface area contributed by atoms with E-state index in [4.69, 9.17) is 4.74 Å². The number of nitrogens with one attached hydrogen (secondary N) is 1. The molecule has 3 aromatic carbocycles. The second-order valence-electron chi connectivity index (χ2n) is 9.29. The number of benzene rings is 3. The molecular formula is C30H34N4O4. The quantitative estimate of drug-likeness (QED) is 0.485. The molecule has 4 rings (SSSR count). The monoisotopic (exact) mass is 514 g/mol. The van der Waals surface area contributed by atoms with Crippen LogP contribution in [-0.2, 0) is 11.3 Å². The molecule has 3 aromatic rings. The lowest BCUT2D eigenvalue weighted by Gasteiger charge is -2.37. The maximum absolute atomic E-state index is 13.6. The minimum absolute atomic E-state index is 0.0242. The molecule has 8 nitrogen and oxygen atoms in total. The summed E-state index contributed by atoms with van der Waals surface area (Å²) in [5.41, 5.74) is 3.55. The van der Waals surface area contributed by atoms with Crippen LogP contribution in [0.3, 0.4) is 0 Å². The minimum atomic E-state index is -0.131. The van der Waals surface area contributed by atoms with Crippen molar-refractivity contribution in [3.05, 3.63) is 89.5 Å². The summed E-state index contributed by atoms with van der Waals surface area (Å²) in [7, 11) is 3.38. The molecule has 3 amide bonds. The average molecular weight is 515 g/mol. The van der Waals surface area contributed by atoms with Gasteiger partial charge in [0.1, 0.15) is 5.75 Å². The van der Waals surface area contributed by atoms with Crippen LogP contribution in [0.15, 0.2) is 72.8 Å². The van der Waals surface area contributed by atoms with E-state index in [2.05, 4.69) is 10.2 Å². The molecule has 8 heteroatoms. The van der Waals surface area contributed by atoms with Gasteiger partial charge in [-0.05, 0) is 48.0 Å². The van der Waals surface area contributed by atoms with Gasteiger partial charge < -0.3 is 24.8 Å². The Kier molecular flexibility index (Phi) is 8.63. The van der Waals surface area contributed by atoms with Crippen LogP contribution in [0, 0.1) is 0 Å². The summed E-state index contributed by atoms with van der Waals surface area (Å²) in [6.45, 7) is 4.50. The number of ether oxygens (including phenoxy) is 1. The number of methoxy groups -OCH3 is 1. The molecule has 1 N–H and O–H groups in total. The Hall–Kier alpha value is -4.33. The highest BCUT2D eigenvalue weighted by molar-refractivity contribution is 6.02. The van der Waals surface area contributed by atoms with Crippen molar-refractivity contribution < 1.29 is 19.1 Å². The van der Waals surface area contributed by atoms with Crippen molar-refractivity contribution in [2.75, 3.05) is 50.6 Å². The van der Waals surface area contributed by atoms with Gasteiger partial charge >= 0.3 is 0 Å². The van der Waals surface area contributed by atoms with E-state index in [1.54, 1.807) is 56.3 Å². The van der Waals surface area contributed by atoms with E-state index >= 15 is 0 Å². The molecule has 0 bridgehead atoms. The third-order valence-electron chi connectivity index (χ3n) is 6.69.